The lowest BCUT2D eigenvalue weighted by molar-refractivity contribution is 0.239. The molecular formula is C36H38N2O4S2. The van der Waals surface area contributed by atoms with Crippen LogP contribution in [0.4, 0.5) is 0 Å². The van der Waals surface area contributed by atoms with Gasteiger partial charge in [-0.25, -0.2) is 8.42 Å². The Morgan fingerprint density at radius 2 is 1.73 bits per heavy atom. The van der Waals surface area contributed by atoms with E-state index in [0.717, 1.165) is 15.8 Å². The molecule has 0 saturated carbocycles. The van der Waals surface area contributed by atoms with Crippen LogP contribution in [0, 0.1) is 6.92 Å². The molecule has 0 fully saturated rings. The van der Waals surface area contributed by atoms with Crippen LogP contribution >= 0.6 is 12.0 Å². The number of hydrogen-bond acceptors (Lipinski definition) is 6. The Labute approximate surface area is 264 Å². The van der Waals surface area contributed by atoms with Gasteiger partial charge in [0.05, 0.1) is 17.0 Å². The third-order valence-electron chi connectivity index (χ3n) is 6.84. The predicted octanol–water partition coefficient (Wildman–Crippen LogP) is 9.15. The molecule has 0 spiro atoms. The standard InChI is InChI=1S/C28H26N2O4S2.C8H12/c1-3-30-26-16-13-22(33-17-18-34-35-23-14-11-20(2)12-15-23)19-25(26)28(29-30)36(31,32)27-10-6-8-21-7-4-5-9-24(21)27;1-4-6-7-8(3)5-2/h4-16,19H,3,17-18H2,1-2H3;4-7H,1H2,2-3H3/b;7-6-,8-5-. The summed E-state index contributed by atoms with van der Waals surface area (Å²) in [6, 6.07) is 26.3. The number of sulfone groups is 1. The van der Waals surface area contributed by atoms with E-state index in [1.54, 1.807) is 29.0 Å². The molecule has 0 aliphatic rings. The fourth-order valence-corrected chi connectivity index (χ4v) is 6.54. The lowest BCUT2D eigenvalue weighted by atomic mass is 10.1. The summed E-state index contributed by atoms with van der Waals surface area (Å²) in [6.07, 6.45) is 7.77. The van der Waals surface area contributed by atoms with Gasteiger partial charge in [0.2, 0.25) is 9.84 Å². The van der Waals surface area contributed by atoms with Crippen molar-refractivity contribution in [3.8, 4) is 5.75 Å². The van der Waals surface area contributed by atoms with Gasteiger partial charge in [0, 0.05) is 34.3 Å². The molecule has 6 nitrogen and oxygen atoms in total. The number of nitrogens with zero attached hydrogens (tertiary/aromatic N) is 2. The number of ether oxygens (including phenoxy) is 1. The minimum absolute atomic E-state index is 0.0346. The Morgan fingerprint density at radius 3 is 2.45 bits per heavy atom. The second-order valence-corrected chi connectivity index (χ2v) is 12.7. The Hall–Kier alpha value is -4.11. The highest BCUT2D eigenvalue weighted by atomic mass is 32.2. The average molecular weight is 627 g/mol. The van der Waals surface area contributed by atoms with Gasteiger partial charge >= 0.3 is 0 Å². The van der Waals surface area contributed by atoms with Gasteiger partial charge in [0.15, 0.2) is 5.03 Å². The molecule has 4 aromatic carbocycles. The molecule has 0 atom stereocenters. The van der Waals surface area contributed by atoms with Crippen molar-refractivity contribution in [1.29, 1.82) is 0 Å². The van der Waals surface area contributed by atoms with Gasteiger partial charge in [-0.2, -0.15) is 5.10 Å². The van der Waals surface area contributed by atoms with E-state index in [2.05, 4.69) is 24.7 Å². The number of aryl methyl sites for hydroxylation is 2. The van der Waals surface area contributed by atoms with Crippen LogP contribution in [-0.4, -0.2) is 31.4 Å². The van der Waals surface area contributed by atoms with Crippen molar-refractivity contribution < 1.29 is 17.3 Å². The zero-order chi connectivity index (χ0) is 31.5. The van der Waals surface area contributed by atoms with Gasteiger partial charge in [-0.1, -0.05) is 90.6 Å². The van der Waals surface area contributed by atoms with Crippen LogP contribution in [0.25, 0.3) is 21.7 Å². The van der Waals surface area contributed by atoms with E-state index in [4.69, 9.17) is 8.92 Å². The summed E-state index contributed by atoms with van der Waals surface area (Å²) in [5, 5.41) is 6.61. The maximum atomic E-state index is 13.8. The quantitative estimate of drug-likeness (QED) is 0.0827. The van der Waals surface area contributed by atoms with E-state index in [9.17, 15) is 8.42 Å². The van der Waals surface area contributed by atoms with Crippen LogP contribution in [0.3, 0.4) is 0 Å². The molecular weight excluding hydrogens is 589 g/mol. The maximum absolute atomic E-state index is 13.8. The van der Waals surface area contributed by atoms with E-state index in [-0.39, 0.29) is 9.92 Å². The van der Waals surface area contributed by atoms with Crippen molar-refractivity contribution >= 4 is 43.6 Å². The van der Waals surface area contributed by atoms with E-state index < -0.39 is 9.84 Å². The summed E-state index contributed by atoms with van der Waals surface area (Å²) in [5.41, 5.74) is 3.21. The van der Waals surface area contributed by atoms with Crippen LogP contribution in [0.2, 0.25) is 0 Å². The highest BCUT2D eigenvalue weighted by Gasteiger charge is 2.27. The summed E-state index contributed by atoms with van der Waals surface area (Å²) < 4.78 is 40.9. The Balaban J connectivity index is 0.000000488. The van der Waals surface area contributed by atoms with E-state index >= 15 is 0 Å². The molecule has 0 saturated heterocycles. The number of hydrogen-bond donors (Lipinski definition) is 0. The number of aromatic nitrogens is 2. The topological polar surface area (TPSA) is 70.4 Å². The van der Waals surface area contributed by atoms with Gasteiger partial charge in [0.1, 0.15) is 12.4 Å². The summed E-state index contributed by atoms with van der Waals surface area (Å²) in [7, 11) is -3.88. The summed E-state index contributed by atoms with van der Waals surface area (Å²) in [6.45, 7) is 12.9. The van der Waals surface area contributed by atoms with Gasteiger partial charge in [-0.15, -0.1) is 0 Å². The van der Waals surface area contributed by atoms with Crippen molar-refractivity contribution in [2.45, 2.75) is 49.1 Å². The summed E-state index contributed by atoms with van der Waals surface area (Å²) in [4.78, 5) is 1.27. The van der Waals surface area contributed by atoms with Crippen LogP contribution in [0.5, 0.6) is 5.75 Å². The number of rotatable bonds is 11. The third-order valence-corrected chi connectivity index (χ3v) is 9.34. The molecule has 0 bridgehead atoms. The van der Waals surface area contributed by atoms with E-state index in [0.29, 0.717) is 36.3 Å². The van der Waals surface area contributed by atoms with Gasteiger partial charge in [-0.3, -0.25) is 4.68 Å². The van der Waals surface area contributed by atoms with E-state index in [1.165, 1.54) is 23.2 Å². The molecule has 1 heterocycles. The summed E-state index contributed by atoms with van der Waals surface area (Å²) in [5.74, 6) is 0.566. The van der Waals surface area contributed by atoms with Crippen LogP contribution in [0.15, 0.2) is 136 Å². The monoisotopic (exact) mass is 626 g/mol. The fourth-order valence-electron chi connectivity index (χ4n) is 4.41. The lowest BCUT2D eigenvalue weighted by Gasteiger charge is -2.08. The molecule has 8 heteroatoms. The Morgan fingerprint density at radius 1 is 0.977 bits per heavy atom. The van der Waals surface area contributed by atoms with Crippen molar-refractivity contribution in [2.24, 2.45) is 0 Å². The molecule has 0 N–H and O–H groups in total. The summed E-state index contributed by atoms with van der Waals surface area (Å²) >= 11 is 1.30. The lowest BCUT2D eigenvalue weighted by Crippen LogP contribution is -2.06. The second kappa shape index (κ2) is 15.6. The van der Waals surface area contributed by atoms with E-state index in [1.807, 2.05) is 99.7 Å². The van der Waals surface area contributed by atoms with Crippen molar-refractivity contribution in [3.05, 3.63) is 127 Å². The van der Waals surface area contributed by atoms with Crippen LogP contribution in [-0.2, 0) is 20.6 Å². The van der Waals surface area contributed by atoms with Crippen molar-refractivity contribution in [1.82, 2.24) is 9.78 Å². The first-order valence-corrected chi connectivity index (χ1v) is 16.6. The van der Waals surface area contributed by atoms with Crippen molar-refractivity contribution in [2.75, 3.05) is 13.2 Å². The number of fused-ring (bicyclic) bond motifs is 2. The minimum atomic E-state index is -3.88. The first-order valence-electron chi connectivity index (χ1n) is 14.4. The molecule has 44 heavy (non-hydrogen) atoms. The van der Waals surface area contributed by atoms with Gasteiger partial charge < -0.3 is 8.92 Å². The molecule has 1 aromatic heterocycles. The van der Waals surface area contributed by atoms with Gasteiger partial charge in [-0.05, 0) is 69.5 Å². The second-order valence-electron chi connectivity index (χ2n) is 9.97. The molecule has 5 rings (SSSR count). The maximum Gasteiger partial charge on any atom is 0.226 e. The Bertz CT molecular complexity index is 1880. The number of benzene rings is 4. The van der Waals surface area contributed by atoms with Gasteiger partial charge in [0.25, 0.3) is 0 Å². The largest absolute Gasteiger partial charge is 0.491 e. The molecule has 0 aliphatic heterocycles. The van der Waals surface area contributed by atoms with Crippen molar-refractivity contribution in [3.63, 3.8) is 0 Å². The minimum Gasteiger partial charge on any atom is -0.491 e. The normalized spacial score (nSPS) is 12.0. The highest BCUT2D eigenvalue weighted by Crippen LogP contribution is 2.33. The highest BCUT2D eigenvalue weighted by molar-refractivity contribution is 7.94. The van der Waals surface area contributed by atoms with Crippen LogP contribution in [0.1, 0.15) is 26.3 Å². The molecule has 0 radical (unpaired) electrons. The smallest absolute Gasteiger partial charge is 0.226 e. The SMILES string of the molecule is C=C/C=C\C(C)=C/C.CCn1nc(S(=O)(=O)c2cccc3ccccc23)c2cc(OCCOSc3ccc(C)cc3)ccc21. The predicted molar refractivity (Wildman–Crippen MR) is 182 cm³/mol. The molecule has 5 aromatic rings. The third kappa shape index (κ3) is 8.08. The Kier molecular flexibility index (Phi) is 11.6. The zero-order valence-corrected chi connectivity index (χ0v) is 27.2. The molecule has 0 unspecified atom stereocenters. The molecule has 0 amide bonds. The number of allylic oxidation sites excluding steroid dienone is 5. The first kappa shape index (κ1) is 32.8. The molecule has 0 aliphatic carbocycles. The molecule has 228 valence electrons. The first-order chi connectivity index (χ1) is 21.3. The average Bonchev–Trinajstić information content (AvgIpc) is 3.43. The fraction of sp³-hybridized carbons (Fsp3) is 0.194. The van der Waals surface area contributed by atoms with Crippen LogP contribution < -0.4 is 4.74 Å². The zero-order valence-electron chi connectivity index (χ0n) is 25.6.